The summed E-state index contributed by atoms with van der Waals surface area (Å²) in [5.74, 6) is 0.464. The molecule has 0 radical (unpaired) electrons. The van der Waals surface area contributed by atoms with Gasteiger partial charge in [-0.15, -0.1) is 0 Å². The van der Waals surface area contributed by atoms with E-state index in [4.69, 9.17) is 9.47 Å². The zero-order valence-corrected chi connectivity index (χ0v) is 17.1. The third-order valence-corrected chi connectivity index (χ3v) is 4.51. The second-order valence-corrected chi connectivity index (χ2v) is 7.28. The zero-order valence-electron chi connectivity index (χ0n) is 15.5. The molecular formula is C23H19BrO4. The number of carbonyl (C=O) groups is 2. The summed E-state index contributed by atoms with van der Waals surface area (Å²) in [5, 5.41) is 0. The van der Waals surface area contributed by atoms with Crippen molar-refractivity contribution in [1.29, 1.82) is 0 Å². The third-order valence-electron chi connectivity index (χ3n) is 3.89. The van der Waals surface area contributed by atoms with E-state index < -0.39 is 5.97 Å². The van der Waals surface area contributed by atoms with E-state index >= 15 is 0 Å². The molecule has 0 amide bonds. The van der Waals surface area contributed by atoms with Gasteiger partial charge in [0.25, 0.3) is 0 Å². The Morgan fingerprint density at radius 2 is 1.43 bits per heavy atom. The van der Waals surface area contributed by atoms with Crippen molar-refractivity contribution < 1.29 is 19.1 Å². The number of benzene rings is 3. The van der Waals surface area contributed by atoms with Gasteiger partial charge in [0.2, 0.25) is 0 Å². The summed E-state index contributed by atoms with van der Waals surface area (Å²) in [4.78, 5) is 24.8. The molecule has 28 heavy (non-hydrogen) atoms. The largest absolute Gasteiger partial charge is 0.490 e. The molecule has 0 aliphatic rings. The summed E-state index contributed by atoms with van der Waals surface area (Å²) in [5.41, 5.74) is 1.54. The molecule has 0 fully saturated rings. The first-order valence-corrected chi connectivity index (χ1v) is 9.61. The number of ketones is 1. The fraction of sp³-hybridized carbons (Fsp3) is 0.130. The maximum Gasteiger partial charge on any atom is 0.343 e. The Labute approximate surface area is 172 Å². The summed E-state index contributed by atoms with van der Waals surface area (Å²) in [6.45, 7) is 3.86. The van der Waals surface area contributed by atoms with Gasteiger partial charge in [-0.3, -0.25) is 4.79 Å². The smallest absolute Gasteiger partial charge is 0.343 e. The first kappa shape index (κ1) is 19.8. The Hall–Kier alpha value is -2.92. The number of halogens is 1. The number of hydrogen-bond donors (Lipinski definition) is 0. The highest BCUT2D eigenvalue weighted by Gasteiger charge is 2.13. The molecule has 3 rings (SSSR count). The molecule has 0 atom stereocenters. The van der Waals surface area contributed by atoms with E-state index in [9.17, 15) is 9.59 Å². The lowest BCUT2D eigenvalue weighted by molar-refractivity contribution is 0.0734. The van der Waals surface area contributed by atoms with Crippen molar-refractivity contribution in [3.05, 3.63) is 94.0 Å². The standard InChI is InChI=1S/C23H19BrO4/c1-15(2)27-21-13-10-18(14-20(21)24)23(26)28-19-11-8-17(9-12-19)22(25)16-6-4-3-5-7-16/h3-15H,1-2H3. The number of carbonyl (C=O) groups excluding carboxylic acids is 2. The molecule has 142 valence electrons. The van der Waals surface area contributed by atoms with E-state index in [1.165, 1.54) is 0 Å². The maximum absolute atomic E-state index is 12.4. The van der Waals surface area contributed by atoms with Crippen LogP contribution in [0.25, 0.3) is 0 Å². The molecule has 0 aliphatic heterocycles. The number of hydrogen-bond acceptors (Lipinski definition) is 4. The quantitative estimate of drug-likeness (QED) is 0.282. The molecule has 0 saturated carbocycles. The average molecular weight is 439 g/mol. The van der Waals surface area contributed by atoms with Gasteiger partial charge in [0.1, 0.15) is 11.5 Å². The lowest BCUT2D eigenvalue weighted by Gasteiger charge is -2.12. The van der Waals surface area contributed by atoms with E-state index in [0.29, 0.717) is 32.7 Å². The van der Waals surface area contributed by atoms with Crippen molar-refractivity contribution in [3.8, 4) is 11.5 Å². The van der Waals surface area contributed by atoms with Gasteiger partial charge in [0.15, 0.2) is 5.78 Å². The van der Waals surface area contributed by atoms with E-state index in [1.807, 2.05) is 32.0 Å². The SMILES string of the molecule is CC(C)Oc1ccc(C(=O)Oc2ccc(C(=O)c3ccccc3)cc2)cc1Br. The van der Waals surface area contributed by atoms with Crippen molar-refractivity contribution in [2.75, 3.05) is 0 Å². The molecule has 4 nitrogen and oxygen atoms in total. The first-order valence-electron chi connectivity index (χ1n) is 8.82. The zero-order chi connectivity index (χ0) is 20.1. The Bertz CT molecular complexity index is 979. The Morgan fingerprint density at radius 1 is 0.821 bits per heavy atom. The van der Waals surface area contributed by atoms with Gasteiger partial charge < -0.3 is 9.47 Å². The molecule has 0 aromatic heterocycles. The molecule has 0 aliphatic carbocycles. The molecule has 0 heterocycles. The summed E-state index contributed by atoms with van der Waals surface area (Å²) in [6.07, 6.45) is 0.0335. The highest BCUT2D eigenvalue weighted by Crippen LogP contribution is 2.27. The van der Waals surface area contributed by atoms with Crippen LogP contribution < -0.4 is 9.47 Å². The summed E-state index contributed by atoms with van der Waals surface area (Å²) in [7, 11) is 0. The topological polar surface area (TPSA) is 52.6 Å². The van der Waals surface area contributed by atoms with E-state index in [1.54, 1.807) is 54.6 Å². The van der Waals surface area contributed by atoms with Crippen molar-refractivity contribution >= 4 is 27.7 Å². The van der Waals surface area contributed by atoms with E-state index in [2.05, 4.69) is 15.9 Å². The predicted molar refractivity (Wildman–Crippen MR) is 111 cm³/mol. The second kappa shape index (κ2) is 8.85. The lowest BCUT2D eigenvalue weighted by Crippen LogP contribution is -2.10. The summed E-state index contributed by atoms with van der Waals surface area (Å²) >= 11 is 3.41. The molecule has 0 spiro atoms. The van der Waals surface area contributed by atoms with Crippen LogP contribution in [-0.4, -0.2) is 17.9 Å². The number of ether oxygens (including phenoxy) is 2. The number of esters is 1. The van der Waals surface area contributed by atoms with Crippen molar-refractivity contribution in [2.45, 2.75) is 20.0 Å². The average Bonchev–Trinajstić information content (AvgIpc) is 2.70. The summed E-state index contributed by atoms with van der Waals surface area (Å²) in [6, 6.07) is 20.6. The Kier molecular flexibility index (Phi) is 6.26. The molecular weight excluding hydrogens is 420 g/mol. The highest BCUT2D eigenvalue weighted by atomic mass is 79.9. The van der Waals surface area contributed by atoms with Crippen LogP contribution in [0.5, 0.6) is 11.5 Å². The van der Waals surface area contributed by atoms with Crippen molar-refractivity contribution in [1.82, 2.24) is 0 Å². The molecule has 0 saturated heterocycles. The highest BCUT2D eigenvalue weighted by molar-refractivity contribution is 9.10. The van der Waals surface area contributed by atoms with Crippen LogP contribution in [-0.2, 0) is 0 Å². The predicted octanol–water partition coefficient (Wildman–Crippen LogP) is 5.69. The van der Waals surface area contributed by atoms with Crippen LogP contribution >= 0.6 is 15.9 Å². The van der Waals surface area contributed by atoms with Crippen LogP contribution in [0.15, 0.2) is 77.3 Å². The van der Waals surface area contributed by atoms with Crippen LogP contribution in [0, 0.1) is 0 Å². The first-order chi connectivity index (χ1) is 13.4. The molecule has 0 unspecified atom stereocenters. The molecule has 0 bridgehead atoms. The van der Waals surface area contributed by atoms with Gasteiger partial charge in [-0.1, -0.05) is 30.3 Å². The van der Waals surface area contributed by atoms with Crippen molar-refractivity contribution in [2.24, 2.45) is 0 Å². The molecule has 3 aromatic rings. The van der Waals surface area contributed by atoms with Gasteiger partial charge in [-0.05, 0) is 72.2 Å². The third kappa shape index (κ3) is 4.87. The minimum atomic E-state index is -0.487. The van der Waals surface area contributed by atoms with Gasteiger partial charge in [-0.2, -0.15) is 0 Å². The monoisotopic (exact) mass is 438 g/mol. The minimum absolute atomic E-state index is 0.0335. The minimum Gasteiger partial charge on any atom is -0.490 e. The maximum atomic E-state index is 12.4. The molecule has 5 heteroatoms. The van der Waals surface area contributed by atoms with Crippen LogP contribution in [0.3, 0.4) is 0 Å². The Balaban J connectivity index is 1.69. The van der Waals surface area contributed by atoms with Gasteiger partial charge >= 0.3 is 5.97 Å². The Morgan fingerprint density at radius 3 is 2.04 bits per heavy atom. The molecule has 3 aromatic carbocycles. The van der Waals surface area contributed by atoms with Gasteiger partial charge in [-0.25, -0.2) is 4.79 Å². The fourth-order valence-corrected chi connectivity index (χ4v) is 3.05. The second-order valence-electron chi connectivity index (χ2n) is 6.42. The van der Waals surface area contributed by atoms with Crippen LogP contribution in [0.1, 0.15) is 40.1 Å². The van der Waals surface area contributed by atoms with Crippen LogP contribution in [0.2, 0.25) is 0 Å². The van der Waals surface area contributed by atoms with Crippen molar-refractivity contribution in [3.63, 3.8) is 0 Å². The van der Waals surface area contributed by atoms with E-state index in [0.717, 1.165) is 0 Å². The van der Waals surface area contributed by atoms with Gasteiger partial charge in [0, 0.05) is 11.1 Å². The van der Waals surface area contributed by atoms with Crippen LogP contribution in [0.4, 0.5) is 0 Å². The summed E-state index contributed by atoms with van der Waals surface area (Å²) < 4.78 is 11.7. The number of rotatable bonds is 6. The van der Waals surface area contributed by atoms with E-state index in [-0.39, 0.29) is 11.9 Å². The normalized spacial score (nSPS) is 10.6. The molecule has 0 N–H and O–H groups in total. The van der Waals surface area contributed by atoms with Gasteiger partial charge in [0.05, 0.1) is 16.1 Å². The fourth-order valence-electron chi connectivity index (χ4n) is 2.57. The lowest BCUT2D eigenvalue weighted by atomic mass is 10.0.